The number of nitrogens with zero attached hydrogens (tertiary/aromatic N) is 1. The zero-order chi connectivity index (χ0) is 19.2. The second-order valence-electron chi connectivity index (χ2n) is 6.59. The Labute approximate surface area is 172 Å². The molecule has 0 saturated heterocycles. The van der Waals surface area contributed by atoms with E-state index >= 15 is 0 Å². The van der Waals surface area contributed by atoms with Gasteiger partial charge in [0.05, 0.1) is 18.7 Å². The molecule has 5 heteroatoms. The van der Waals surface area contributed by atoms with Crippen LogP contribution >= 0.6 is 12.4 Å². The number of rotatable bonds is 3. The summed E-state index contributed by atoms with van der Waals surface area (Å²) in [6, 6.07) is 18.4. The Kier molecular flexibility index (Phi) is 7.70. The highest BCUT2D eigenvalue weighted by atomic mass is 35.5. The molecule has 1 aliphatic carbocycles. The van der Waals surface area contributed by atoms with Crippen LogP contribution in [0.5, 0.6) is 0 Å². The first kappa shape index (κ1) is 21.6. The van der Waals surface area contributed by atoms with Crippen molar-refractivity contribution in [3.63, 3.8) is 0 Å². The van der Waals surface area contributed by atoms with Gasteiger partial charge in [0.25, 0.3) is 0 Å². The Bertz CT molecular complexity index is 874. The predicted octanol–water partition coefficient (Wildman–Crippen LogP) is 5.00. The summed E-state index contributed by atoms with van der Waals surface area (Å²) in [5.74, 6) is -0.254. The van der Waals surface area contributed by atoms with Gasteiger partial charge in [-0.15, -0.1) is 12.4 Å². The molecule has 4 nitrogen and oxygen atoms in total. The molecule has 1 aliphatic heterocycles. The number of ether oxygens (including phenoxy) is 1. The first-order valence-corrected chi connectivity index (χ1v) is 9.26. The van der Waals surface area contributed by atoms with Crippen LogP contribution in [0.15, 0.2) is 65.9 Å². The maximum absolute atomic E-state index is 11.8. The second-order valence-corrected chi connectivity index (χ2v) is 6.59. The summed E-state index contributed by atoms with van der Waals surface area (Å²) in [5.41, 5.74) is 5.26. The van der Waals surface area contributed by atoms with Gasteiger partial charge in [-0.1, -0.05) is 60.2 Å². The fraction of sp³-hybridized carbons (Fsp3) is 0.261. The molecule has 1 N–H and O–H groups in total. The number of esters is 1. The minimum atomic E-state index is -0.414. The summed E-state index contributed by atoms with van der Waals surface area (Å²) < 4.78 is 5.00. The zero-order valence-corrected chi connectivity index (χ0v) is 17.0. The van der Waals surface area contributed by atoms with Crippen LogP contribution in [0.3, 0.4) is 0 Å². The topological polar surface area (TPSA) is 49.8 Å². The Balaban J connectivity index is 0.000000298. The van der Waals surface area contributed by atoms with Crippen LogP contribution in [0.25, 0.3) is 11.8 Å². The van der Waals surface area contributed by atoms with Crippen LogP contribution < -0.4 is 0 Å². The SMILES string of the molecule is CCOC(=O)C1=C(O)CCN(C2=Cc3ccccc32)C1.Cc1ccccc1.Cl. The van der Waals surface area contributed by atoms with E-state index in [-0.39, 0.29) is 18.2 Å². The smallest absolute Gasteiger partial charge is 0.339 e. The van der Waals surface area contributed by atoms with Gasteiger partial charge in [0.15, 0.2) is 0 Å². The zero-order valence-electron chi connectivity index (χ0n) is 16.2. The molecule has 0 amide bonds. The molecular formula is C23H26ClNO3. The first-order valence-electron chi connectivity index (χ1n) is 9.26. The molecule has 1 heterocycles. The number of aliphatic hydroxyl groups is 1. The number of carbonyl (C=O) groups is 1. The number of aryl methyl sites for hydroxylation is 1. The molecule has 0 aromatic heterocycles. The van der Waals surface area contributed by atoms with E-state index in [2.05, 4.69) is 42.2 Å². The lowest BCUT2D eigenvalue weighted by molar-refractivity contribution is -0.139. The largest absolute Gasteiger partial charge is 0.512 e. The van der Waals surface area contributed by atoms with Gasteiger partial charge in [0, 0.05) is 24.2 Å². The Morgan fingerprint density at radius 2 is 1.79 bits per heavy atom. The van der Waals surface area contributed by atoms with Crippen molar-refractivity contribution < 1.29 is 14.6 Å². The van der Waals surface area contributed by atoms with E-state index < -0.39 is 5.97 Å². The van der Waals surface area contributed by atoms with E-state index in [1.807, 2.05) is 30.3 Å². The molecule has 4 rings (SSSR count). The number of fused-ring (bicyclic) bond motifs is 1. The molecule has 0 atom stereocenters. The highest BCUT2D eigenvalue weighted by molar-refractivity contribution is 5.96. The fourth-order valence-corrected chi connectivity index (χ4v) is 3.16. The third-order valence-corrected chi connectivity index (χ3v) is 4.65. The fourth-order valence-electron chi connectivity index (χ4n) is 3.16. The number of halogens is 1. The summed E-state index contributed by atoms with van der Waals surface area (Å²) in [6.45, 7) is 5.29. The van der Waals surface area contributed by atoms with Crippen LogP contribution in [0.4, 0.5) is 0 Å². The van der Waals surface area contributed by atoms with Crippen molar-refractivity contribution in [3.8, 4) is 0 Å². The van der Waals surface area contributed by atoms with E-state index in [1.54, 1.807) is 6.92 Å². The van der Waals surface area contributed by atoms with Gasteiger partial charge in [0.1, 0.15) is 5.76 Å². The number of hydrogen-bond acceptors (Lipinski definition) is 4. The first-order chi connectivity index (χ1) is 13.1. The van der Waals surface area contributed by atoms with Crippen LogP contribution in [0.2, 0.25) is 0 Å². The van der Waals surface area contributed by atoms with Gasteiger partial charge in [-0.3, -0.25) is 0 Å². The highest BCUT2D eigenvalue weighted by Crippen LogP contribution is 2.36. The molecule has 28 heavy (non-hydrogen) atoms. The number of hydrogen-bond donors (Lipinski definition) is 1. The van der Waals surface area contributed by atoms with Crippen molar-refractivity contribution in [3.05, 3.63) is 82.6 Å². The Morgan fingerprint density at radius 1 is 1.11 bits per heavy atom. The van der Waals surface area contributed by atoms with Gasteiger partial charge < -0.3 is 14.7 Å². The average molecular weight is 400 g/mol. The molecule has 0 fully saturated rings. The lowest BCUT2D eigenvalue weighted by atomic mass is 9.91. The normalized spacial score (nSPS) is 14.5. The summed E-state index contributed by atoms with van der Waals surface area (Å²) in [5, 5.41) is 9.88. The lowest BCUT2D eigenvalue weighted by Gasteiger charge is -2.35. The molecular weight excluding hydrogens is 374 g/mol. The molecule has 0 spiro atoms. The second kappa shape index (κ2) is 10.00. The standard InChI is InChI=1S/C16H17NO3.C7H8.ClH/c1-2-20-16(19)13-10-17(8-7-15(13)18)14-9-11-5-3-4-6-12(11)14;1-7-5-3-2-4-6-7;/h3-6,9,18H,2,7-8,10H2,1H3;2-6H,1H3;1H. The minimum Gasteiger partial charge on any atom is -0.512 e. The van der Waals surface area contributed by atoms with Crippen LogP contribution in [0, 0.1) is 6.92 Å². The van der Waals surface area contributed by atoms with Gasteiger partial charge >= 0.3 is 5.97 Å². The summed E-state index contributed by atoms with van der Waals surface area (Å²) in [6.07, 6.45) is 2.59. The molecule has 0 unspecified atom stereocenters. The molecule has 2 aliphatic rings. The van der Waals surface area contributed by atoms with E-state index in [0.717, 1.165) is 12.2 Å². The number of carbonyl (C=O) groups excluding carboxylic acids is 1. The summed E-state index contributed by atoms with van der Waals surface area (Å²) >= 11 is 0. The van der Waals surface area contributed by atoms with Crippen molar-refractivity contribution in [1.29, 1.82) is 0 Å². The number of aliphatic hydroxyl groups excluding tert-OH is 1. The third-order valence-electron chi connectivity index (χ3n) is 4.65. The van der Waals surface area contributed by atoms with E-state index in [1.165, 1.54) is 16.7 Å². The summed E-state index contributed by atoms with van der Waals surface area (Å²) in [4.78, 5) is 14.0. The molecule has 0 saturated carbocycles. The third kappa shape index (κ3) is 4.96. The number of benzene rings is 2. The molecule has 0 bridgehead atoms. The van der Waals surface area contributed by atoms with Crippen molar-refractivity contribution in [2.24, 2.45) is 0 Å². The Hall–Kier alpha value is -2.72. The maximum atomic E-state index is 11.8. The van der Waals surface area contributed by atoms with Crippen molar-refractivity contribution in [1.82, 2.24) is 4.90 Å². The Morgan fingerprint density at radius 3 is 2.39 bits per heavy atom. The van der Waals surface area contributed by atoms with Crippen molar-refractivity contribution >= 4 is 30.1 Å². The van der Waals surface area contributed by atoms with E-state index in [4.69, 9.17) is 4.74 Å². The van der Waals surface area contributed by atoms with Gasteiger partial charge in [0.2, 0.25) is 0 Å². The van der Waals surface area contributed by atoms with E-state index in [0.29, 0.717) is 25.1 Å². The predicted molar refractivity (Wildman–Crippen MR) is 115 cm³/mol. The van der Waals surface area contributed by atoms with E-state index in [9.17, 15) is 9.90 Å². The lowest BCUT2D eigenvalue weighted by Crippen LogP contribution is -2.35. The molecule has 148 valence electrons. The van der Waals surface area contributed by atoms with Gasteiger partial charge in [-0.25, -0.2) is 4.79 Å². The van der Waals surface area contributed by atoms with Crippen molar-refractivity contribution in [2.45, 2.75) is 20.3 Å². The summed E-state index contributed by atoms with van der Waals surface area (Å²) in [7, 11) is 0. The van der Waals surface area contributed by atoms with Crippen LogP contribution in [-0.2, 0) is 9.53 Å². The molecule has 2 aromatic carbocycles. The highest BCUT2D eigenvalue weighted by Gasteiger charge is 2.29. The van der Waals surface area contributed by atoms with Crippen LogP contribution in [-0.4, -0.2) is 35.7 Å². The monoisotopic (exact) mass is 399 g/mol. The molecule has 2 aromatic rings. The van der Waals surface area contributed by atoms with Crippen molar-refractivity contribution in [2.75, 3.05) is 19.7 Å². The molecule has 0 radical (unpaired) electrons. The average Bonchev–Trinajstić information content (AvgIpc) is 2.65. The van der Waals surface area contributed by atoms with Gasteiger partial charge in [-0.05, 0) is 25.5 Å². The maximum Gasteiger partial charge on any atom is 0.339 e. The quantitative estimate of drug-likeness (QED) is 0.738. The van der Waals surface area contributed by atoms with Gasteiger partial charge in [-0.2, -0.15) is 0 Å². The van der Waals surface area contributed by atoms with Crippen LogP contribution in [0.1, 0.15) is 30.0 Å². The minimum absolute atomic E-state index is 0.